The van der Waals surface area contributed by atoms with E-state index in [1.165, 1.54) is 0 Å². The van der Waals surface area contributed by atoms with Crippen molar-refractivity contribution in [3.05, 3.63) is 18.2 Å². The molecule has 1 aliphatic carbocycles. The lowest BCUT2D eigenvalue weighted by molar-refractivity contribution is -0.153. The molecular formula is C14H23N3O2. The first-order chi connectivity index (χ1) is 8.96. The zero-order valence-electron chi connectivity index (χ0n) is 11.7. The summed E-state index contributed by atoms with van der Waals surface area (Å²) in [6.07, 6.45) is 7.81. The van der Waals surface area contributed by atoms with Crippen molar-refractivity contribution in [1.82, 2.24) is 9.97 Å². The normalized spacial score (nSPS) is 21.0. The number of esters is 1. The van der Waals surface area contributed by atoms with Crippen molar-refractivity contribution < 1.29 is 9.53 Å². The van der Waals surface area contributed by atoms with Gasteiger partial charge >= 0.3 is 5.97 Å². The molecule has 19 heavy (non-hydrogen) atoms. The Balaban J connectivity index is 1.78. The van der Waals surface area contributed by atoms with Crippen molar-refractivity contribution in [3.63, 3.8) is 0 Å². The predicted molar refractivity (Wildman–Crippen MR) is 72.4 cm³/mol. The van der Waals surface area contributed by atoms with Crippen LogP contribution in [0.2, 0.25) is 0 Å². The number of hydrogen-bond acceptors (Lipinski definition) is 4. The fraction of sp³-hybridized carbons (Fsp3) is 0.714. The van der Waals surface area contributed by atoms with Crippen molar-refractivity contribution in [2.24, 2.45) is 11.1 Å². The molecule has 1 aromatic rings. The van der Waals surface area contributed by atoms with E-state index >= 15 is 0 Å². The second-order valence-electron chi connectivity index (χ2n) is 6.19. The highest BCUT2D eigenvalue weighted by Crippen LogP contribution is 2.36. The topological polar surface area (TPSA) is 81.0 Å². The average molecular weight is 265 g/mol. The van der Waals surface area contributed by atoms with Gasteiger partial charge in [0, 0.05) is 18.3 Å². The van der Waals surface area contributed by atoms with Gasteiger partial charge in [0.2, 0.25) is 0 Å². The van der Waals surface area contributed by atoms with E-state index in [0.717, 1.165) is 31.4 Å². The van der Waals surface area contributed by atoms with E-state index < -0.39 is 6.04 Å². The van der Waals surface area contributed by atoms with Crippen LogP contribution < -0.4 is 5.73 Å². The fourth-order valence-corrected chi connectivity index (χ4v) is 2.46. The van der Waals surface area contributed by atoms with Gasteiger partial charge in [-0.05, 0) is 31.1 Å². The average Bonchev–Trinajstić information content (AvgIpc) is 2.84. The number of ether oxygens (including phenoxy) is 1. The van der Waals surface area contributed by atoms with Crippen LogP contribution in [0.3, 0.4) is 0 Å². The summed E-state index contributed by atoms with van der Waals surface area (Å²) in [4.78, 5) is 18.8. The molecule has 0 aromatic carbocycles. The van der Waals surface area contributed by atoms with Crippen LogP contribution in [0.1, 0.15) is 45.2 Å². The van der Waals surface area contributed by atoms with Gasteiger partial charge in [-0.1, -0.05) is 13.8 Å². The first-order valence-electron chi connectivity index (χ1n) is 6.90. The van der Waals surface area contributed by atoms with Crippen molar-refractivity contribution in [2.45, 2.75) is 58.1 Å². The Kier molecular flexibility index (Phi) is 4.24. The highest BCUT2D eigenvalue weighted by atomic mass is 16.5. The standard InChI is InChI=1S/C14H23N3O2/c1-14(2)5-3-11(4-6-14)19-13(18)12(15)7-10-8-16-9-17-10/h8-9,11-12H,3-7,15H2,1-2H3,(H,16,17)/t12-/m1/s1. The quantitative estimate of drug-likeness (QED) is 0.813. The number of rotatable bonds is 4. The number of aromatic amines is 1. The first kappa shape index (κ1) is 14.1. The van der Waals surface area contributed by atoms with E-state index in [9.17, 15) is 4.79 Å². The largest absolute Gasteiger partial charge is 0.461 e. The number of carbonyl (C=O) groups excluding carboxylic acids is 1. The van der Waals surface area contributed by atoms with E-state index in [4.69, 9.17) is 10.5 Å². The molecule has 1 heterocycles. The molecule has 1 saturated carbocycles. The molecule has 0 amide bonds. The zero-order chi connectivity index (χ0) is 13.9. The third kappa shape index (κ3) is 4.06. The van der Waals surface area contributed by atoms with Crippen LogP contribution in [-0.2, 0) is 16.0 Å². The van der Waals surface area contributed by atoms with Gasteiger partial charge in [-0.15, -0.1) is 0 Å². The summed E-state index contributed by atoms with van der Waals surface area (Å²) in [6, 6.07) is -0.615. The molecule has 5 heteroatoms. The molecule has 0 radical (unpaired) electrons. The van der Waals surface area contributed by atoms with E-state index in [0.29, 0.717) is 11.8 Å². The maximum Gasteiger partial charge on any atom is 0.323 e. The summed E-state index contributed by atoms with van der Waals surface area (Å²) >= 11 is 0. The molecule has 0 bridgehead atoms. The Morgan fingerprint density at radius 1 is 1.58 bits per heavy atom. The lowest BCUT2D eigenvalue weighted by Gasteiger charge is -2.34. The van der Waals surface area contributed by atoms with Gasteiger partial charge in [0.1, 0.15) is 12.1 Å². The second-order valence-corrected chi connectivity index (χ2v) is 6.19. The molecule has 1 atom stereocenters. The maximum absolute atomic E-state index is 11.9. The highest BCUT2D eigenvalue weighted by molar-refractivity contribution is 5.76. The van der Waals surface area contributed by atoms with Crippen LogP contribution in [0.5, 0.6) is 0 Å². The molecule has 0 saturated heterocycles. The van der Waals surface area contributed by atoms with Crippen LogP contribution in [0.25, 0.3) is 0 Å². The van der Waals surface area contributed by atoms with Crippen molar-refractivity contribution in [2.75, 3.05) is 0 Å². The van der Waals surface area contributed by atoms with E-state index in [-0.39, 0.29) is 12.1 Å². The van der Waals surface area contributed by atoms with E-state index in [2.05, 4.69) is 23.8 Å². The van der Waals surface area contributed by atoms with Gasteiger partial charge < -0.3 is 15.5 Å². The highest BCUT2D eigenvalue weighted by Gasteiger charge is 2.30. The molecule has 3 N–H and O–H groups in total. The van der Waals surface area contributed by atoms with E-state index in [1.54, 1.807) is 12.5 Å². The van der Waals surface area contributed by atoms with Gasteiger partial charge in [-0.2, -0.15) is 0 Å². The maximum atomic E-state index is 11.9. The smallest absolute Gasteiger partial charge is 0.323 e. The fourth-order valence-electron chi connectivity index (χ4n) is 2.46. The summed E-state index contributed by atoms with van der Waals surface area (Å²) in [5.41, 5.74) is 7.09. The van der Waals surface area contributed by atoms with Crippen molar-refractivity contribution in [1.29, 1.82) is 0 Å². The SMILES string of the molecule is CC1(C)CCC(OC(=O)[C@H](N)Cc2cnc[nH]2)CC1. The van der Waals surface area contributed by atoms with Gasteiger partial charge in [-0.25, -0.2) is 4.98 Å². The van der Waals surface area contributed by atoms with Gasteiger partial charge in [0.25, 0.3) is 0 Å². The number of carbonyl (C=O) groups is 1. The number of nitrogens with zero attached hydrogens (tertiary/aromatic N) is 1. The molecule has 0 spiro atoms. The zero-order valence-corrected chi connectivity index (χ0v) is 11.7. The predicted octanol–water partition coefficient (Wildman–Crippen LogP) is 1.79. The van der Waals surface area contributed by atoms with Gasteiger partial charge in [0.15, 0.2) is 0 Å². The van der Waals surface area contributed by atoms with Crippen LogP contribution >= 0.6 is 0 Å². The van der Waals surface area contributed by atoms with Crippen molar-refractivity contribution >= 4 is 5.97 Å². The number of nitrogens with two attached hydrogens (primary N) is 1. The first-order valence-corrected chi connectivity index (χ1v) is 6.90. The molecular weight excluding hydrogens is 242 g/mol. The number of imidazole rings is 1. The monoisotopic (exact) mass is 265 g/mol. The minimum atomic E-state index is -0.615. The summed E-state index contributed by atoms with van der Waals surface area (Å²) < 4.78 is 5.50. The summed E-state index contributed by atoms with van der Waals surface area (Å²) in [5.74, 6) is -0.306. The molecule has 1 aromatic heterocycles. The van der Waals surface area contributed by atoms with E-state index in [1.807, 2.05) is 0 Å². The minimum absolute atomic E-state index is 0.0355. The Morgan fingerprint density at radius 2 is 2.26 bits per heavy atom. The third-order valence-electron chi connectivity index (χ3n) is 3.87. The van der Waals surface area contributed by atoms with Crippen LogP contribution in [0.15, 0.2) is 12.5 Å². The van der Waals surface area contributed by atoms with Crippen LogP contribution in [0, 0.1) is 5.41 Å². The molecule has 106 valence electrons. The molecule has 0 unspecified atom stereocenters. The molecule has 2 rings (SSSR count). The molecule has 5 nitrogen and oxygen atoms in total. The Hall–Kier alpha value is -1.36. The van der Waals surface area contributed by atoms with Gasteiger partial charge in [-0.3, -0.25) is 4.79 Å². The van der Waals surface area contributed by atoms with Crippen molar-refractivity contribution in [3.8, 4) is 0 Å². The number of aromatic nitrogens is 2. The lowest BCUT2D eigenvalue weighted by atomic mass is 9.76. The molecule has 1 fully saturated rings. The Bertz CT molecular complexity index is 404. The Labute approximate surface area is 113 Å². The van der Waals surface area contributed by atoms with Gasteiger partial charge in [0.05, 0.1) is 6.33 Å². The summed E-state index contributed by atoms with van der Waals surface area (Å²) in [7, 11) is 0. The van der Waals surface area contributed by atoms with Crippen LogP contribution in [-0.4, -0.2) is 28.1 Å². The third-order valence-corrected chi connectivity index (χ3v) is 3.87. The van der Waals surface area contributed by atoms with Crippen LogP contribution in [0.4, 0.5) is 0 Å². The Morgan fingerprint density at radius 3 is 2.84 bits per heavy atom. The number of hydrogen-bond donors (Lipinski definition) is 2. The second kappa shape index (κ2) is 5.74. The molecule has 0 aliphatic heterocycles. The lowest BCUT2D eigenvalue weighted by Crippen LogP contribution is -2.38. The number of nitrogens with one attached hydrogen (secondary N) is 1. The number of H-pyrrole nitrogens is 1. The molecule has 1 aliphatic rings. The minimum Gasteiger partial charge on any atom is -0.461 e. The summed E-state index contributed by atoms with van der Waals surface area (Å²) in [5, 5.41) is 0. The summed E-state index contributed by atoms with van der Waals surface area (Å²) in [6.45, 7) is 4.52.